The Hall–Kier alpha value is -1.62. The zero-order valence-corrected chi connectivity index (χ0v) is 6.95. The Morgan fingerprint density at radius 3 is 3.08 bits per heavy atom. The van der Waals surface area contributed by atoms with E-state index in [2.05, 4.69) is 9.97 Å². The number of rotatable bonds is 1. The molecule has 0 aliphatic rings. The standard InChI is InChI=1S/C7H3ClN2O3/c8-3-1-4-5(9-2-3)13-6(10-4)7(11)12/h1-2H,(H,11,12). The predicted molar refractivity (Wildman–Crippen MR) is 43.8 cm³/mol. The maximum absolute atomic E-state index is 10.4. The minimum absolute atomic E-state index is 0.168. The quantitative estimate of drug-likeness (QED) is 0.753. The predicted octanol–water partition coefficient (Wildman–Crippen LogP) is 1.57. The SMILES string of the molecule is O=C(O)c1nc2cc(Cl)cnc2o1. The lowest BCUT2D eigenvalue weighted by Crippen LogP contribution is -1.94. The minimum atomic E-state index is -1.23. The molecule has 1 N–H and O–H groups in total. The molecule has 0 bridgehead atoms. The summed E-state index contributed by atoms with van der Waals surface area (Å²) < 4.78 is 4.80. The van der Waals surface area contributed by atoms with Crippen LogP contribution >= 0.6 is 11.6 Å². The summed E-state index contributed by atoms with van der Waals surface area (Å²) in [4.78, 5) is 17.9. The van der Waals surface area contributed by atoms with Crippen molar-refractivity contribution >= 4 is 28.8 Å². The molecule has 0 amide bonds. The summed E-state index contributed by atoms with van der Waals surface area (Å²) in [6, 6.07) is 1.49. The molecule has 0 aliphatic carbocycles. The van der Waals surface area contributed by atoms with Gasteiger partial charge in [-0.25, -0.2) is 14.8 Å². The number of halogens is 1. The highest BCUT2D eigenvalue weighted by atomic mass is 35.5. The second-order valence-electron chi connectivity index (χ2n) is 2.30. The molecular formula is C7H3ClN2O3. The van der Waals surface area contributed by atoms with Crippen LogP contribution in [-0.4, -0.2) is 21.0 Å². The summed E-state index contributed by atoms with van der Waals surface area (Å²) in [7, 11) is 0. The molecule has 0 saturated heterocycles. The first-order valence-corrected chi connectivity index (χ1v) is 3.70. The van der Waals surface area contributed by atoms with Crippen LogP contribution in [0.25, 0.3) is 11.2 Å². The van der Waals surface area contributed by atoms with Gasteiger partial charge in [0.25, 0.3) is 0 Å². The number of hydrogen-bond donors (Lipinski definition) is 1. The topological polar surface area (TPSA) is 76.2 Å². The molecule has 6 heteroatoms. The van der Waals surface area contributed by atoms with Crippen LogP contribution in [0.2, 0.25) is 5.02 Å². The van der Waals surface area contributed by atoms with E-state index >= 15 is 0 Å². The van der Waals surface area contributed by atoms with Gasteiger partial charge in [0.1, 0.15) is 5.52 Å². The minimum Gasteiger partial charge on any atom is -0.474 e. The van der Waals surface area contributed by atoms with Crippen LogP contribution in [-0.2, 0) is 0 Å². The van der Waals surface area contributed by atoms with Crippen molar-refractivity contribution in [1.29, 1.82) is 0 Å². The Morgan fingerprint density at radius 2 is 2.38 bits per heavy atom. The van der Waals surface area contributed by atoms with Gasteiger partial charge in [-0.05, 0) is 6.07 Å². The lowest BCUT2D eigenvalue weighted by molar-refractivity contribution is 0.0656. The number of oxazole rings is 1. The van der Waals surface area contributed by atoms with Gasteiger partial charge in [-0.2, -0.15) is 0 Å². The van der Waals surface area contributed by atoms with Gasteiger partial charge in [-0.3, -0.25) is 0 Å². The Labute approximate surface area is 77.0 Å². The van der Waals surface area contributed by atoms with Crippen molar-refractivity contribution in [1.82, 2.24) is 9.97 Å². The van der Waals surface area contributed by atoms with Crippen LogP contribution < -0.4 is 0 Å². The third-order valence-electron chi connectivity index (χ3n) is 1.40. The summed E-state index contributed by atoms with van der Waals surface area (Å²) in [6.45, 7) is 0. The van der Waals surface area contributed by atoms with Crippen LogP contribution in [0.1, 0.15) is 10.7 Å². The highest BCUT2D eigenvalue weighted by molar-refractivity contribution is 6.30. The molecule has 0 radical (unpaired) electrons. The van der Waals surface area contributed by atoms with Crippen LogP contribution in [0.4, 0.5) is 0 Å². The van der Waals surface area contributed by atoms with Crippen molar-refractivity contribution in [3.63, 3.8) is 0 Å². The third kappa shape index (κ3) is 1.33. The first kappa shape index (κ1) is 8.00. The second-order valence-corrected chi connectivity index (χ2v) is 2.74. The maximum atomic E-state index is 10.4. The second kappa shape index (κ2) is 2.70. The number of carboxylic acids is 1. The fourth-order valence-electron chi connectivity index (χ4n) is 0.890. The molecule has 0 aromatic carbocycles. The van der Waals surface area contributed by atoms with Crippen LogP contribution in [0, 0.1) is 0 Å². The summed E-state index contributed by atoms with van der Waals surface area (Å²) in [5.74, 6) is -1.61. The zero-order valence-electron chi connectivity index (χ0n) is 6.19. The fraction of sp³-hybridized carbons (Fsp3) is 0. The van der Waals surface area contributed by atoms with Gasteiger partial charge in [0, 0.05) is 6.20 Å². The van der Waals surface area contributed by atoms with Crippen molar-refractivity contribution in [2.45, 2.75) is 0 Å². The first-order chi connectivity index (χ1) is 6.16. The highest BCUT2D eigenvalue weighted by Crippen LogP contribution is 2.16. The van der Waals surface area contributed by atoms with Crippen LogP contribution in [0.5, 0.6) is 0 Å². The van der Waals surface area contributed by atoms with Gasteiger partial charge in [0.05, 0.1) is 5.02 Å². The van der Waals surface area contributed by atoms with Crippen molar-refractivity contribution in [2.75, 3.05) is 0 Å². The Balaban J connectivity index is 2.68. The molecule has 2 heterocycles. The molecule has 0 aliphatic heterocycles. The van der Waals surface area contributed by atoms with Gasteiger partial charge in [0.2, 0.25) is 5.71 Å². The summed E-state index contributed by atoms with van der Waals surface area (Å²) >= 11 is 5.62. The van der Waals surface area contributed by atoms with E-state index < -0.39 is 5.97 Å². The maximum Gasteiger partial charge on any atom is 0.392 e. The van der Waals surface area contributed by atoms with E-state index in [1.165, 1.54) is 12.3 Å². The number of nitrogens with zero attached hydrogens (tertiary/aromatic N) is 2. The Kier molecular flexibility index (Phi) is 1.66. The highest BCUT2D eigenvalue weighted by Gasteiger charge is 2.13. The first-order valence-electron chi connectivity index (χ1n) is 3.32. The van der Waals surface area contributed by atoms with Gasteiger partial charge >= 0.3 is 11.9 Å². The zero-order chi connectivity index (χ0) is 9.42. The van der Waals surface area contributed by atoms with Gasteiger partial charge < -0.3 is 9.52 Å². The molecule has 0 unspecified atom stereocenters. The largest absolute Gasteiger partial charge is 0.474 e. The van der Waals surface area contributed by atoms with Crippen LogP contribution in [0.15, 0.2) is 16.7 Å². The van der Waals surface area contributed by atoms with Gasteiger partial charge in [-0.15, -0.1) is 0 Å². The lowest BCUT2D eigenvalue weighted by Gasteiger charge is -1.84. The smallest absolute Gasteiger partial charge is 0.392 e. The fourth-order valence-corrected chi connectivity index (χ4v) is 1.04. The number of aromatic carboxylic acids is 1. The molecule has 2 aromatic heterocycles. The van der Waals surface area contributed by atoms with Crippen molar-refractivity contribution in [3.8, 4) is 0 Å². The van der Waals surface area contributed by atoms with E-state index in [1.807, 2.05) is 0 Å². The molecule has 0 fully saturated rings. The molecule has 5 nitrogen and oxygen atoms in total. The van der Waals surface area contributed by atoms with E-state index in [1.54, 1.807) is 0 Å². The number of aromatic nitrogens is 2. The third-order valence-corrected chi connectivity index (χ3v) is 1.60. The normalized spacial score (nSPS) is 10.5. The van der Waals surface area contributed by atoms with Crippen LogP contribution in [0.3, 0.4) is 0 Å². The number of fused-ring (bicyclic) bond motifs is 1. The van der Waals surface area contributed by atoms with Crippen molar-refractivity contribution in [2.24, 2.45) is 0 Å². The monoisotopic (exact) mass is 198 g/mol. The molecule has 13 heavy (non-hydrogen) atoms. The van der Waals surface area contributed by atoms with E-state index in [0.717, 1.165) is 0 Å². The average Bonchev–Trinajstić information content (AvgIpc) is 2.46. The van der Waals surface area contributed by atoms with Crippen molar-refractivity contribution in [3.05, 3.63) is 23.2 Å². The summed E-state index contributed by atoms with van der Waals surface area (Å²) in [5.41, 5.74) is 0.506. The van der Waals surface area contributed by atoms with E-state index in [9.17, 15) is 4.79 Å². The van der Waals surface area contributed by atoms with Crippen molar-refractivity contribution < 1.29 is 14.3 Å². The van der Waals surface area contributed by atoms with E-state index in [4.69, 9.17) is 21.1 Å². The van der Waals surface area contributed by atoms with Gasteiger partial charge in [-0.1, -0.05) is 11.6 Å². The summed E-state index contributed by atoms with van der Waals surface area (Å²) in [5, 5.41) is 8.92. The average molecular weight is 199 g/mol. The molecule has 2 rings (SSSR count). The molecule has 0 atom stereocenters. The molecule has 66 valence electrons. The summed E-state index contributed by atoms with van der Waals surface area (Å²) in [6.07, 6.45) is 1.36. The number of carboxylic acid groups (broad SMARTS) is 1. The molecular weight excluding hydrogens is 196 g/mol. The van der Waals surface area contributed by atoms with Gasteiger partial charge in [0.15, 0.2) is 0 Å². The molecule has 0 saturated carbocycles. The molecule has 0 spiro atoms. The van der Waals surface area contributed by atoms with E-state index in [0.29, 0.717) is 10.5 Å². The van der Waals surface area contributed by atoms with E-state index in [-0.39, 0.29) is 11.6 Å². The number of pyridine rings is 1. The Bertz CT molecular complexity index is 480. The Morgan fingerprint density at radius 1 is 1.62 bits per heavy atom. The molecule has 2 aromatic rings. The number of hydrogen-bond acceptors (Lipinski definition) is 4. The lowest BCUT2D eigenvalue weighted by atomic mass is 10.4. The number of carbonyl (C=O) groups is 1.